The standard InChI is InChI=1S/C23H21F7O3.C17H16F6O3/c1-12(14-9-15(22(25,26)27)11-16(10-14)23(28,29)30)33-19-8-7-18(21(31)32-2)20(19)13-3-5-17(24)6-4-13;1-9(26-14-4-3-10(7-14)15(24)25-2)11-5-12(16(18,19)20)8-13(6-11)17(21,22)23/h3-6,9-12,18-20H,7-8H2,1-2H3;5-9,14H,3-4H2,1-2H3/t12-,18?,19+,20+;9-,14+/m11/s1. The molecule has 2 aliphatic rings. The predicted molar refractivity (Wildman–Crippen MR) is 183 cm³/mol. The summed E-state index contributed by atoms with van der Waals surface area (Å²) in [6.07, 6.45) is -20.4. The molecule has 2 aliphatic carbocycles. The molecule has 0 heterocycles. The SMILES string of the molecule is COC(=O)C1=C[C@@H](O[C@H](C)c2cc(C(F)(F)F)cc(C(F)(F)F)c2)CC1.COC(=O)C1CC[C@H](O[C@H](C)c2cc(C(F)(F)F)cc(C(F)(F)F)c2)[C@H]1c1ccc(F)cc1. The molecule has 5 rings (SSSR count). The summed E-state index contributed by atoms with van der Waals surface area (Å²) in [5.41, 5.74) is -5.27. The molecule has 1 unspecified atom stereocenters. The van der Waals surface area contributed by atoms with Crippen LogP contribution in [0.5, 0.6) is 0 Å². The highest BCUT2D eigenvalue weighted by Gasteiger charge is 2.44. The molecule has 19 heteroatoms. The van der Waals surface area contributed by atoms with Gasteiger partial charge in [0, 0.05) is 11.5 Å². The molecule has 1 saturated carbocycles. The lowest BCUT2D eigenvalue weighted by Crippen LogP contribution is -2.27. The molecule has 6 atom stereocenters. The molecule has 3 aromatic rings. The second-order valence-electron chi connectivity index (χ2n) is 13.8. The smallest absolute Gasteiger partial charge is 0.416 e. The fourth-order valence-corrected chi connectivity index (χ4v) is 6.87. The van der Waals surface area contributed by atoms with Gasteiger partial charge in [-0.3, -0.25) is 4.79 Å². The molecule has 0 aliphatic heterocycles. The van der Waals surface area contributed by atoms with Crippen LogP contribution in [0.15, 0.2) is 72.3 Å². The van der Waals surface area contributed by atoms with E-state index in [1.807, 2.05) is 0 Å². The highest BCUT2D eigenvalue weighted by molar-refractivity contribution is 5.89. The Morgan fingerprint density at radius 2 is 1.05 bits per heavy atom. The quantitative estimate of drug-likeness (QED) is 0.158. The van der Waals surface area contributed by atoms with Gasteiger partial charge in [-0.25, -0.2) is 9.18 Å². The minimum absolute atomic E-state index is 0.0559. The minimum Gasteiger partial charge on any atom is -0.469 e. The van der Waals surface area contributed by atoms with Gasteiger partial charge in [-0.15, -0.1) is 0 Å². The van der Waals surface area contributed by atoms with Crippen molar-refractivity contribution < 1.29 is 85.6 Å². The Kier molecular flexibility index (Phi) is 14.6. The maximum atomic E-state index is 13.4. The molecule has 0 saturated heterocycles. The maximum absolute atomic E-state index is 13.4. The van der Waals surface area contributed by atoms with Gasteiger partial charge in [-0.1, -0.05) is 12.1 Å². The first kappa shape index (κ1) is 47.0. The van der Waals surface area contributed by atoms with Crippen molar-refractivity contribution in [2.45, 2.75) is 94.6 Å². The summed E-state index contributed by atoms with van der Waals surface area (Å²) in [6, 6.07) is 7.98. The lowest BCUT2D eigenvalue weighted by molar-refractivity contribution is -0.147. The van der Waals surface area contributed by atoms with Crippen LogP contribution in [0.2, 0.25) is 0 Å². The van der Waals surface area contributed by atoms with Gasteiger partial charge in [0.15, 0.2) is 0 Å². The van der Waals surface area contributed by atoms with Gasteiger partial charge in [0.1, 0.15) is 5.82 Å². The van der Waals surface area contributed by atoms with Crippen molar-refractivity contribution in [1.82, 2.24) is 0 Å². The highest BCUT2D eigenvalue weighted by atomic mass is 19.4. The van der Waals surface area contributed by atoms with E-state index in [4.69, 9.17) is 14.2 Å². The van der Waals surface area contributed by atoms with Gasteiger partial charge in [0.25, 0.3) is 0 Å². The number of carbonyl (C=O) groups is 2. The fraction of sp³-hybridized carbons (Fsp3) is 0.450. The van der Waals surface area contributed by atoms with Crippen LogP contribution < -0.4 is 0 Å². The number of esters is 2. The summed E-state index contributed by atoms with van der Waals surface area (Å²) < 4.78 is 191. The normalized spacial score (nSPS) is 20.9. The summed E-state index contributed by atoms with van der Waals surface area (Å²) in [7, 11) is 2.42. The number of carbonyl (C=O) groups excluding carboxylic acids is 2. The predicted octanol–water partition coefficient (Wildman–Crippen LogP) is 11.7. The van der Waals surface area contributed by atoms with Crippen LogP contribution in [0.4, 0.5) is 57.1 Å². The van der Waals surface area contributed by atoms with E-state index in [0.29, 0.717) is 61.1 Å². The third kappa shape index (κ3) is 12.2. The fourth-order valence-electron chi connectivity index (χ4n) is 6.87. The first-order valence-corrected chi connectivity index (χ1v) is 17.7. The number of methoxy groups -OCH3 is 2. The summed E-state index contributed by atoms with van der Waals surface area (Å²) in [6.45, 7) is 2.71. The van der Waals surface area contributed by atoms with E-state index in [1.165, 1.54) is 58.4 Å². The molecular formula is C40H37F13O6. The average molecular weight is 861 g/mol. The van der Waals surface area contributed by atoms with Crippen LogP contribution in [0.25, 0.3) is 0 Å². The van der Waals surface area contributed by atoms with Crippen LogP contribution in [-0.2, 0) is 53.2 Å². The number of hydrogen-bond donors (Lipinski definition) is 0. The Balaban J connectivity index is 0.000000268. The summed E-state index contributed by atoms with van der Waals surface area (Å²) in [4.78, 5) is 23.7. The molecule has 59 heavy (non-hydrogen) atoms. The van der Waals surface area contributed by atoms with Crippen molar-refractivity contribution in [3.63, 3.8) is 0 Å². The zero-order chi connectivity index (χ0) is 44.2. The monoisotopic (exact) mass is 860 g/mol. The van der Waals surface area contributed by atoms with E-state index in [1.54, 1.807) is 0 Å². The largest absolute Gasteiger partial charge is 0.469 e. The Labute approximate surface area is 329 Å². The third-order valence-electron chi connectivity index (χ3n) is 9.80. The van der Waals surface area contributed by atoms with E-state index < -0.39 is 101 Å². The lowest BCUT2D eigenvalue weighted by atomic mass is 9.87. The number of alkyl halides is 12. The number of benzene rings is 3. The van der Waals surface area contributed by atoms with Crippen LogP contribution >= 0.6 is 0 Å². The molecule has 0 aromatic heterocycles. The van der Waals surface area contributed by atoms with E-state index in [9.17, 15) is 66.7 Å². The highest BCUT2D eigenvalue weighted by Crippen LogP contribution is 2.45. The lowest BCUT2D eigenvalue weighted by Gasteiger charge is -2.28. The molecule has 3 aromatic carbocycles. The van der Waals surface area contributed by atoms with Crippen molar-refractivity contribution in [1.29, 1.82) is 0 Å². The van der Waals surface area contributed by atoms with Gasteiger partial charge in [-0.2, -0.15) is 52.7 Å². The second kappa shape index (κ2) is 18.3. The summed E-state index contributed by atoms with van der Waals surface area (Å²) in [5, 5.41) is 0. The molecule has 0 bridgehead atoms. The van der Waals surface area contributed by atoms with Crippen LogP contribution in [0.3, 0.4) is 0 Å². The molecule has 324 valence electrons. The third-order valence-corrected chi connectivity index (χ3v) is 9.80. The zero-order valence-corrected chi connectivity index (χ0v) is 31.5. The average Bonchev–Trinajstić information content (AvgIpc) is 3.80. The Morgan fingerprint density at radius 1 is 0.610 bits per heavy atom. The molecule has 0 N–H and O–H groups in total. The van der Waals surface area contributed by atoms with E-state index >= 15 is 0 Å². The number of hydrogen-bond acceptors (Lipinski definition) is 6. The summed E-state index contributed by atoms with van der Waals surface area (Å²) >= 11 is 0. The van der Waals surface area contributed by atoms with Crippen LogP contribution in [0, 0.1) is 11.7 Å². The zero-order valence-electron chi connectivity index (χ0n) is 31.5. The minimum atomic E-state index is -4.98. The van der Waals surface area contributed by atoms with Gasteiger partial charge >= 0.3 is 36.6 Å². The first-order chi connectivity index (χ1) is 27.2. The van der Waals surface area contributed by atoms with Crippen molar-refractivity contribution in [3.8, 4) is 0 Å². The molecule has 0 amide bonds. The molecule has 6 nitrogen and oxygen atoms in total. The Bertz CT molecular complexity index is 1900. The van der Waals surface area contributed by atoms with Gasteiger partial charge < -0.3 is 18.9 Å². The van der Waals surface area contributed by atoms with E-state index in [-0.39, 0.29) is 23.3 Å². The van der Waals surface area contributed by atoms with Gasteiger partial charge in [-0.05, 0) is 111 Å². The van der Waals surface area contributed by atoms with Crippen LogP contribution in [0.1, 0.15) is 96.6 Å². The van der Waals surface area contributed by atoms with Crippen molar-refractivity contribution >= 4 is 11.9 Å². The number of halogens is 13. The number of rotatable bonds is 9. The molecule has 0 radical (unpaired) electrons. The van der Waals surface area contributed by atoms with Gasteiger partial charge in [0.2, 0.25) is 0 Å². The van der Waals surface area contributed by atoms with E-state index in [2.05, 4.69) is 4.74 Å². The van der Waals surface area contributed by atoms with E-state index in [0.717, 1.165) is 0 Å². The number of ether oxygens (including phenoxy) is 4. The first-order valence-electron chi connectivity index (χ1n) is 17.7. The maximum Gasteiger partial charge on any atom is 0.416 e. The van der Waals surface area contributed by atoms with Gasteiger partial charge in [0.05, 0.1) is 66.8 Å². The molecular weight excluding hydrogens is 823 g/mol. The van der Waals surface area contributed by atoms with Crippen molar-refractivity contribution in [2.24, 2.45) is 5.92 Å². The topological polar surface area (TPSA) is 71.1 Å². The van der Waals surface area contributed by atoms with Crippen molar-refractivity contribution in [2.75, 3.05) is 14.2 Å². The Morgan fingerprint density at radius 3 is 1.46 bits per heavy atom. The summed E-state index contributed by atoms with van der Waals surface area (Å²) in [5.74, 6) is -2.82. The molecule has 1 fully saturated rings. The van der Waals surface area contributed by atoms with Crippen LogP contribution in [-0.4, -0.2) is 38.4 Å². The Hall–Kier alpha value is -4.65. The molecule has 0 spiro atoms. The van der Waals surface area contributed by atoms with Crippen molar-refractivity contribution in [3.05, 3.63) is 117 Å². The second-order valence-corrected chi connectivity index (χ2v) is 13.8.